The van der Waals surface area contributed by atoms with E-state index in [1.807, 2.05) is 6.07 Å². The molecule has 0 unspecified atom stereocenters. The fourth-order valence-corrected chi connectivity index (χ4v) is 2.24. The number of benzene rings is 2. The van der Waals surface area contributed by atoms with E-state index in [-0.39, 0.29) is 11.8 Å². The summed E-state index contributed by atoms with van der Waals surface area (Å²) in [5.74, 6) is 0.0302. The van der Waals surface area contributed by atoms with Crippen LogP contribution in [0, 0.1) is 0 Å². The predicted molar refractivity (Wildman–Crippen MR) is 99.2 cm³/mol. The van der Waals surface area contributed by atoms with E-state index in [0.29, 0.717) is 28.3 Å². The van der Waals surface area contributed by atoms with Crippen LogP contribution in [0.4, 0.5) is 5.69 Å². The van der Waals surface area contributed by atoms with Crippen molar-refractivity contribution in [3.63, 3.8) is 0 Å². The van der Waals surface area contributed by atoms with Gasteiger partial charge in [0.25, 0.3) is 11.8 Å². The van der Waals surface area contributed by atoms with Gasteiger partial charge in [0.05, 0.1) is 6.26 Å². The number of hydrogen-bond donors (Lipinski definition) is 2. The summed E-state index contributed by atoms with van der Waals surface area (Å²) in [7, 11) is 0. The van der Waals surface area contributed by atoms with E-state index in [4.69, 9.17) is 4.42 Å². The number of anilines is 1. The standard InChI is InChI=1S/C20H17N3O3/c1-14(18-8-5-13-26-18)22-23-20(25)16-9-11-17(12-10-16)21-19(24)15-6-3-2-4-7-15/h2-13H,1H3,(H,21,24)(H,23,25)/b22-14+. The highest BCUT2D eigenvalue weighted by molar-refractivity contribution is 6.04. The van der Waals surface area contributed by atoms with Gasteiger partial charge in [0, 0.05) is 16.8 Å². The van der Waals surface area contributed by atoms with Crippen LogP contribution in [0.15, 0.2) is 82.5 Å². The van der Waals surface area contributed by atoms with Crippen molar-refractivity contribution in [3.8, 4) is 0 Å². The van der Waals surface area contributed by atoms with Crippen LogP contribution in [0.25, 0.3) is 0 Å². The van der Waals surface area contributed by atoms with E-state index in [1.54, 1.807) is 73.9 Å². The number of furan rings is 1. The molecule has 0 saturated heterocycles. The lowest BCUT2D eigenvalue weighted by Gasteiger charge is -2.06. The van der Waals surface area contributed by atoms with Crippen LogP contribution in [0.5, 0.6) is 0 Å². The molecule has 0 bridgehead atoms. The van der Waals surface area contributed by atoms with Crippen molar-refractivity contribution in [2.45, 2.75) is 6.92 Å². The van der Waals surface area contributed by atoms with Gasteiger partial charge in [-0.05, 0) is 55.5 Å². The van der Waals surface area contributed by atoms with Gasteiger partial charge >= 0.3 is 0 Å². The lowest BCUT2D eigenvalue weighted by molar-refractivity contribution is 0.0954. The fourth-order valence-electron chi connectivity index (χ4n) is 2.24. The Balaban J connectivity index is 1.61. The highest BCUT2D eigenvalue weighted by Gasteiger charge is 2.08. The molecule has 6 nitrogen and oxygen atoms in total. The van der Waals surface area contributed by atoms with Crippen LogP contribution < -0.4 is 10.7 Å². The van der Waals surface area contributed by atoms with Gasteiger partial charge in [-0.2, -0.15) is 5.10 Å². The summed E-state index contributed by atoms with van der Waals surface area (Å²) in [5.41, 5.74) is 4.64. The minimum atomic E-state index is -0.350. The fraction of sp³-hybridized carbons (Fsp3) is 0.0500. The zero-order valence-electron chi connectivity index (χ0n) is 14.1. The molecule has 0 aliphatic rings. The van der Waals surface area contributed by atoms with Crippen molar-refractivity contribution in [3.05, 3.63) is 89.9 Å². The molecule has 2 aromatic carbocycles. The summed E-state index contributed by atoms with van der Waals surface area (Å²) >= 11 is 0. The molecule has 0 radical (unpaired) electrons. The maximum Gasteiger partial charge on any atom is 0.271 e. The van der Waals surface area contributed by atoms with E-state index in [2.05, 4.69) is 15.8 Å². The topological polar surface area (TPSA) is 83.7 Å². The Morgan fingerprint density at radius 2 is 1.54 bits per heavy atom. The molecule has 0 aliphatic carbocycles. The first kappa shape index (κ1) is 17.2. The number of hydrazone groups is 1. The minimum absolute atomic E-state index is 0.207. The number of nitrogens with zero attached hydrogens (tertiary/aromatic N) is 1. The largest absolute Gasteiger partial charge is 0.463 e. The molecule has 26 heavy (non-hydrogen) atoms. The molecule has 1 heterocycles. The second-order valence-corrected chi connectivity index (χ2v) is 5.51. The van der Waals surface area contributed by atoms with E-state index < -0.39 is 0 Å². The van der Waals surface area contributed by atoms with Gasteiger partial charge in [-0.25, -0.2) is 5.43 Å². The Kier molecular flexibility index (Phi) is 5.24. The van der Waals surface area contributed by atoms with Crippen molar-refractivity contribution in [2.24, 2.45) is 5.10 Å². The van der Waals surface area contributed by atoms with Gasteiger partial charge in [0.2, 0.25) is 0 Å². The Morgan fingerprint density at radius 1 is 0.846 bits per heavy atom. The summed E-state index contributed by atoms with van der Waals surface area (Å²) in [6, 6.07) is 19.0. The van der Waals surface area contributed by atoms with Crippen LogP contribution in [-0.4, -0.2) is 17.5 Å². The molecule has 2 amide bonds. The molecule has 0 aliphatic heterocycles. The molecule has 130 valence electrons. The highest BCUT2D eigenvalue weighted by Crippen LogP contribution is 2.12. The number of rotatable bonds is 5. The van der Waals surface area contributed by atoms with E-state index in [9.17, 15) is 9.59 Å². The molecule has 0 fully saturated rings. The summed E-state index contributed by atoms with van der Waals surface area (Å²) < 4.78 is 5.20. The normalized spacial score (nSPS) is 11.0. The molecule has 0 saturated carbocycles. The Labute approximate surface area is 150 Å². The maximum atomic E-state index is 12.1. The van der Waals surface area contributed by atoms with Crippen LogP contribution in [0.3, 0.4) is 0 Å². The number of nitrogens with one attached hydrogen (secondary N) is 2. The molecule has 1 aromatic heterocycles. The first-order valence-corrected chi connectivity index (χ1v) is 7.98. The quantitative estimate of drug-likeness (QED) is 0.545. The smallest absolute Gasteiger partial charge is 0.271 e. The first-order chi connectivity index (χ1) is 12.6. The third-order valence-corrected chi connectivity index (χ3v) is 3.64. The van der Waals surface area contributed by atoms with Gasteiger partial charge < -0.3 is 9.73 Å². The van der Waals surface area contributed by atoms with Gasteiger partial charge in [-0.3, -0.25) is 9.59 Å². The third-order valence-electron chi connectivity index (χ3n) is 3.64. The number of carbonyl (C=O) groups excluding carboxylic acids is 2. The van der Waals surface area contributed by atoms with Gasteiger partial charge in [0.15, 0.2) is 0 Å². The van der Waals surface area contributed by atoms with Gasteiger partial charge in [0.1, 0.15) is 11.5 Å². The zero-order valence-corrected chi connectivity index (χ0v) is 14.1. The summed E-state index contributed by atoms with van der Waals surface area (Å²) in [5, 5.41) is 6.79. The SMILES string of the molecule is C/C(=N\NC(=O)c1ccc(NC(=O)c2ccccc2)cc1)c1ccco1. The van der Waals surface area contributed by atoms with Crippen molar-refractivity contribution >= 4 is 23.2 Å². The average molecular weight is 347 g/mol. The average Bonchev–Trinajstić information content (AvgIpc) is 3.22. The number of carbonyl (C=O) groups is 2. The van der Waals surface area contributed by atoms with Crippen molar-refractivity contribution in [2.75, 3.05) is 5.32 Å². The van der Waals surface area contributed by atoms with E-state index >= 15 is 0 Å². The molecule has 0 atom stereocenters. The summed E-state index contributed by atoms with van der Waals surface area (Å²) in [4.78, 5) is 24.2. The lowest BCUT2D eigenvalue weighted by atomic mass is 10.1. The van der Waals surface area contributed by atoms with Gasteiger partial charge in [-0.15, -0.1) is 0 Å². The zero-order chi connectivity index (χ0) is 18.4. The maximum absolute atomic E-state index is 12.1. The van der Waals surface area contributed by atoms with Crippen molar-refractivity contribution in [1.29, 1.82) is 0 Å². The monoisotopic (exact) mass is 347 g/mol. The van der Waals surface area contributed by atoms with E-state index in [1.165, 1.54) is 0 Å². The number of hydrogen-bond acceptors (Lipinski definition) is 4. The highest BCUT2D eigenvalue weighted by atomic mass is 16.3. The molecule has 3 aromatic rings. The van der Waals surface area contributed by atoms with Crippen LogP contribution in [0.2, 0.25) is 0 Å². The minimum Gasteiger partial charge on any atom is -0.463 e. The Hall–Kier alpha value is -3.67. The molecule has 0 spiro atoms. The molecule has 6 heteroatoms. The van der Waals surface area contributed by atoms with E-state index in [0.717, 1.165) is 0 Å². The predicted octanol–water partition coefficient (Wildman–Crippen LogP) is 3.69. The van der Waals surface area contributed by atoms with Crippen LogP contribution in [0.1, 0.15) is 33.4 Å². The second kappa shape index (κ2) is 7.94. The van der Waals surface area contributed by atoms with Crippen molar-refractivity contribution < 1.29 is 14.0 Å². The molecular weight excluding hydrogens is 330 g/mol. The van der Waals surface area contributed by atoms with Gasteiger partial charge in [-0.1, -0.05) is 18.2 Å². The Morgan fingerprint density at radius 3 is 2.19 bits per heavy atom. The molecule has 3 rings (SSSR count). The molecular formula is C20H17N3O3. The lowest BCUT2D eigenvalue weighted by Crippen LogP contribution is -2.19. The van der Waals surface area contributed by atoms with Crippen molar-refractivity contribution in [1.82, 2.24) is 5.43 Å². The summed E-state index contributed by atoms with van der Waals surface area (Å²) in [6.45, 7) is 1.74. The summed E-state index contributed by atoms with van der Waals surface area (Å²) in [6.07, 6.45) is 1.54. The Bertz CT molecular complexity index is 915. The second-order valence-electron chi connectivity index (χ2n) is 5.51. The van der Waals surface area contributed by atoms with Crippen LogP contribution in [-0.2, 0) is 0 Å². The first-order valence-electron chi connectivity index (χ1n) is 7.98. The van der Waals surface area contributed by atoms with Crippen LogP contribution >= 0.6 is 0 Å². The molecule has 2 N–H and O–H groups in total. The third kappa shape index (κ3) is 4.24. The number of amides is 2.